The van der Waals surface area contributed by atoms with Crippen molar-refractivity contribution < 1.29 is 18.6 Å². The standard InChI is InChI=1S/C34H39F2N7O2/c1-2-25-27(36)7-6-21-13-24(44)14-30(31(21)25)41-12-8-26-29(19-41)38-33(45-20-34-9-4-11-43(34)18-23(35)15-34)39-32(26)42-10-3-5-28-22(17-42)16-37-40-28/h6-7,13-14,16,23,44H,2-5,8-12,15,17-20H2,1H3,(H,37,40)/t23-,34+/m1/s1. The van der Waals surface area contributed by atoms with Gasteiger partial charge in [0, 0.05) is 66.6 Å². The van der Waals surface area contributed by atoms with Gasteiger partial charge >= 0.3 is 6.01 Å². The van der Waals surface area contributed by atoms with Crippen LogP contribution in [0.25, 0.3) is 10.8 Å². The fraction of sp³-hybridized carbons (Fsp3) is 0.500. The number of fused-ring (bicyclic) bond motifs is 4. The molecular formula is C34H39F2N7O2. The van der Waals surface area contributed by atoms with Crippen molar-refractivity contribution in [3.63, 3.8) is 0 Å². The van der Waals surface area contributed by atoms with E-state index in [9.17, 15) is 9.50 Å². The second-order valence-corrected chi connectivity index (χ2v) is 13.1. The quantitative estimate of drug-likeness (QED) is 0.305. The number of hydrogen-bond acceptors (Lipinski definition) is 8. The van der Waals surface area contributed by atoms with E-state index in [-0.39, 0.29) is 17.1 Å². The number of nitrogens with zero attached hydrogens (tertiary/aromatic N) is 6. The second-order valence-electron chi connectivity index (χ2n) is 13.1. The maximum atomic E-state index is 15.0. The van der Waals surface area contributed by atoms with Crippen LogP contribution < -0.4 is 14.5 Å². The highest BCUT2D eigenvalue weighted by atomic mass is 19.1. The van der Waals surface area contributed by atoms with Crippen LogP contribution in [0.4, 0.5) is 20.3 Å². The summed E-state index contributed by atoms with van der Waals surface area (Å²) in [5, 5.41) is 19.7. The third kappa shape index (κ3) is 4.95. The lowest BCUT2D eigenvalue weighted by Crippen LogP contribution is -2.43. The van der Waals surface area contributed by atoms with Crippen molar-refractivity contribution in [1.82, 2.24) is 25.1 Å². The van der Waals surface area contributed by atoms with Gasteiger partial charge in [-0.3, -0.25) is 10.00 Å². The van der Waals surface area contributed by atoms with Crippen LogP contribution in [0.3, 0.4) is 0 Å². The first-order chi connectivity index (χ1) is 21.9. The van der Waals surface area contributed by atoms with Gasteiger partial charge in [0.15, 0.2) is 0 Å². The zero-order valence-electron chi connectivity index (χ0n) is 25.7. The molecule has 4 aliphatic rings. The molecule has 11 heteroatoms. The van der Waals surface area contributed by atoms with E-state index in [4.69, 9.17) is 14.7 Å². The molecule has 4 aromatic rings. The smallest absolute Gasteiger partial charge is 0.318 e. The molecule has 2 fully saturated rings. The lowest BCUT2D eigenvalue weighted by Gasteiger charge is -2.35. The average molecular weight is 616 g/mol. The Hall–Kier alpha value is -3.99. The lowest BCUT2D eigenvalue weighted by atomic mass is 9.95. The molecule has 0 bridgehead atoms. The summed E-state index contributed by atoms with van der Waals surface area (Å²) in [5.41, 5.74) is 5.42. The fourth-order valence-electron chi connectivity index (χ4n) is 8.24. The van der Waals surface area contributed by atoms with Gasteiger partial charge in [0.25, 0.3) is 0 Å². The van der Waals surface area contributed by atoms with Crippen LogP contribution in [-0.4, -0.2) is 74.7 Å². The zero-order valence-corrected chi connectivity index (χ0v) is 25.7. The summed E-state index contributed by atoms with van der Waals surface area (Å²) in [4.78, 5) is 16.8. The minimum absolute atomic E-state index is 0.146. The number of phenols is 1. The van der Waals surface area contributed by atoms with E-state index >= 15 is 4.39 Å². The minimum atomic E-state index is -0.835. The van der Waals surface area contributed by atoms with Crippen molar-refractivity contribution in [3.8, 4) is 11.8 Å². The number of ether oxygens (including phenoxy) is 1. The van der Waals surface area contributed by atoms with Gasteiger partial charge in [0.05, 0.1) is 24.0 Å². The number of phenolic OH excluding ortho intramolecular Hbond substituents is 1. The summed E-state index contributed by atoms with van der Waals surface area (Å²) in [6.45, 7) is 6.34. The summed E-state index contributed by atoms with van der Waals surface area (Å²) in [6.07, 6.45) is 6.63. The number of aryl methyl sites for hydroxylation is 2. The Balaban J connectivity index is 1.18. The monoisotopic (exact) mass is 615 g/mol. The van der Waals surface area contributed by atoms with Gasteiger partial charge in [0.1, 0.15) is 30.2 Å². The summed E-state index contributed by atoms with van der Waals surface area (Å²) in [6, 6.07) is 6.96. The maximum absolute atomic E-state index is 15.0. The number of hydrogen-bond donors (Lipinski definition) is 2. The number of H-pyrrole nitrogens is 1. The Morgan fingerprint density at radius 2 is 2.00 bits per heavy atom. The number of aromatic hydroxyl groups is 1. The molecule has 6 heterocycles. The minimum Gasteiger partial charge on any atom is -0.508 e. The van der Waals surface area contributed by atoms with E-state index in [0.29, 0.717) is 63.6 Å². The van der Waals surface area contributed by atoms with Gasteiger partial charge in [-0.2, -0.15) is 15.1 Å². The number of halogens is 2. The molecule has 0 saturated carbocycles. The molecule has 236 valence electrons. The lowest BCUT2D eigenvalue weighted by molar-refractivity contribution is 0.107. The van der Waals surface area contributed by atoms with Gasteiger partial charge in [-0.1, -0.05) is 13.0 Å². The Morgan fingerprint density at radius 3 is 2.89 bits per heavy atom. The molecule has 0 unspecified atom stereocenters. The van der Waals surface area contributed by atoms with Crippen LogP contribution in [0.5, 0.6) is 11.8 Å². The average Bonchev–Trinajstić information content (AvgIpc) is 3.68. The second kappa shape index (κ2) is 11.1. The first kappa shape index (κ1) is 28.5. The summed E-state index contributed by atoms with van der Waals surface area (Å²) in [7, 11) is 0. The highest BCUT2D eigenvalue weighted by Gasteiger charge is 2.49. The molecule has 2 aromatic carbocycles. The molecule has 8 rings (SSSR count). The fourth-order valence-corrected chi connectivity index (χ4v) is 8.24. The van der Waals surface area contributed by atoms with Crippen molar-refractivity contribution in [3.05, 3.63) is 64.4 Å². The first-order valence-electron chi connectivity index (χ1n) is 16.3. The molecule has 2 atom stereocenters. The number of rotatable bonds is 6. The molecule has 2 aromatic heterocycles. The molecule has 0 aliphatic carbocycles. The number of anilines is 2. The van der Waals surface area contributed by atoms with Crippen molar-refractivity contribution >= 4 is 22.3 Å². The van der Waals surface area contributed by atoms with E-state index in [1.807, 2.05) is 13.1 Å². The van der Waals surface area contributed by atoms with Crippen molar-refractivity contribution in [2.75, 3.05) is 42.6 Å². The Kier molecular flexibility index (Phi) is 7.04. The SMILES string of the molecule is CCc1c(F)ccc2cc(O)cc(N3CCc4c(nc(OC[C@@]56CCCN5C[C@H](F)C6)nc4N4CCCc5[nH]ncc5C4)C3)c12. The van der Waals surface area contributed by atoms with Gasteiger partial charge < -0.3 is 19.6 Å². The van der Waals surface area contributed by atoms with Crippen molar-refractivity contribution in [1.29, 1.82) is 0 Å². The van der Waals surface area contributed by atoms with Crippen LogP contribution in [0.15, 0.2) is 30.5 Å². The number of aromatic amines is 1. The van der Waals surface area contributed by atoms with Crippen LogP contribution >= 0.6 is 0 Å². The van der Waals surface area contributed by atoms with E-state index in [1.54, 1.807) is 18.2 Å². The maximum Gasteiger partial charge on any atom is 0.318 e. The topological polar surface area (TPSA) is 93.6 Å². The third-order valence-electron chi connectivity index (χ3n) is 10.4. The molecular weight excluding hydrogens is 576 g/mol. The van der Waals surface area contributed by atoms with Crippen LogP contribution in [0.2, 0.25) is 0 Å². The van der Waals surface area contributed by atoms with Crippen LogP contribution in [0, 0.1) is 5.82 Å². The van der Waals surface area contributed by atoms with Gasteiger partial charge in [-0.15, -0.1) is 0 Å². The Morgan fingerprint density at radius 1 is 1.09 bits per heavy atom. The number of nitrogens with one attached hydrogen (secondary N) is 1. The van der Waals surface area contributed by atoms with E-state index in [1.165, 1.54) is 17.3 Å². The van der Waals surface area contributed by atoms with Crippen LogP contribution in [0.1, 0.15) is 60.7 Å². The molecule has 0 radical (unpaired) electrons. The number of benzene rings is 2. The van der Waals surface area contributed by atoms with E-state index in [2.05, 4.69) is 24.9 Å². The molecule has 9 nitrogen and oxygen atoms in total. The van der Waals surface area contributed by atoms with E-state index in [0.717, 1.165) is 72.3 Å². The summed E-state index contributed by atoms with van der Waals surface area (Å²) >= 11 is 0. The largest absolute Gasteiger partial charge is 0.508 e. The first-order valence-corrected chi connectivity index (χ1v) is 16.3. The molecule has 2 saturated heterocycles. The summed E-state index contributed by atoms with van der Waals surface area (Å²) in [5.74, 6) is 0.783. The third-order valence-corrected chi connectivity index (χ3v) is 10.4. The highest BCUT2D eigenvalue weighted by molar-refractivity contribution is 5.98. The predicted octanol–water partition coefficient (Wildman–Crippen LogP) is 5.23. The predicted molar refractivity (Wildman–Crippen MR) is 168 cm³/mol. The molecule has 45 heavy (non-hydrogen) atoms. The number of alkyl halides is 1. The van der Waals surface area contributed by atoms with Gasteiger partial charge in [0.2, 0.25) is 0 Å². The number of aromatic nitrogens is 4. The van der Waals surface area contributed by atoms with Gasteiger partial charge in [-0.25, -0.2) is 8.78 Å². The molecule has 0 amide bonds. The normalized spacial score (nSPS) is 23.2. The van der Waals surface area contributed by atoms with Crippen LogP contribution in [-0.2, 0) is 32.4 Å². The van der Waals surface area contributed by atoms with Crippen molar-refractivity contribution in [2.24, 2.45) is 0 Å². The zero-order chi connectivity index (χ0) is 30.7. The summed E-state index contributed by atoms with van der Waals surface area (Å²) < 4.78 is 35.9. The Bertz CT molecular complexity index is 1760. The van der Waals surface area contributed by atoms with E-state index < -0.39 is 6.17 Å². The molecule has 2 N–H and O–H groups in total. The highest BCUT2D eigenvalue weighted by Crippen LogP contribution is 2.42. The molecule has 0 spiro atoms. The van der Waals surface area contributed by atoms with Crippen molar-refractivity contribution in [2.45, 2.75) is 76.7 Å². The Labute approximate surface area is 261 Å². The van der Waals surface area contributed by atoms with Gasteiger partial charge in [-0.05, 0) is 68.2 Å². The molecule has 4 aliphatic heterocycles.